The van der Waals surface area contributed by atoms with Gasteiger partial charge in [0.25, 0.3) is 10.1 Å². The van der Waals surface area contributed by atoms with Crippen LogP contribution < -0.4 is 0 Å². The van der Waals surface area contributed by atoms with Crippen LogP contribution >= 0.6 is 0 Å². The lowest BCUT2D eigenvalue weighted by atomic mass is 10.5. The Morgan fingerprint density at radius 3 is 2.23 bits per heavy atom. The van der Waals surface area contributed by atoms with Crippen LogP contribution in [0.4, 0.5) is 13.2 Å². The molecule has 0 spiro atoms. The van der Waals surface area contributed by atoms with Crippen LogP contribution in [0.3, 0.4) is 0 Å². The van der Waals surface area contributed by atoms with E-state index in [-0.39, 0.29) is 0 Å². The van der Waals surface area contributed by atoms with E-state index in [2.05, 4.69) is 4.18 Å². The lowest BCUT2D eigenvalue weighted by Gasteiger charge is -2.05. The quantitative estimate of drug-likeness (QED) is 0.634. The van der Waals surface area contributed by atoms with E-state index in [1.54, 1.807) is 0 Å². The first-order valence-corrected chi connectivity index (χ1v) is 5.20. The van der Waals surface area contributed by atoms with Gasteiger partial charge in [0.05, 0.1) is 12.4 Å². The van der Waals surface area contributed by atoms with Crippen molar-refractivity contribution >= 4 is 10.1 Å². The maximum absolute atomic E-state index is 12.1. The second kappa shape index (κ2) is 5.43. The van der Waals surface area contributed by atoms with E-state index in [0.29, 0.717) is 0 Å². The van der Waals surface area contributed by atoms with Crippen LogP contribution in [0.2, 0.25) is 0 Å². The molecular formula is C6H11F3O3S. The van der Waals surface area contributed by atoms with Crippen molar-refractivity contribution in [1.29, 1.82) is 0 Å². The van der Waals surface area contributed by atoms with E-state index in [1.807, 2.05) is 0 Å². The van der Waals surface area contributed by atoms with Gasteiger partial charge in [-0.05, 0) is 6.92 Å². The van der Waals surface area contributed by atoms with E-state index < -0.39 is 41.5 Å². The van der Waals surface area contributed by atoms with Crippen LogP contribution in [0.1, 0.15) is 13.3 Å². The van der Waals surface area contributed by atoms with Gasteiger partial charge in [0.1, 0.15) is 6.17 Å². The van der Waals surface area contributed by atoms with Gasteiger partial charge in [-0.15, -0.1) is 0 Å². The molecule has 80 valence electrons. The van der Waals surface area contributed by atoms with E-state index in [9.17, 15) is 21.6 Å². The number of rotatable bonds is 6. The molecule has 0 aromatic heterocycles. The first kappa shape index (κ1) is 12.7. The molecule has 0 saturated carbocycles. The monoisotopic (exact) mass is 220 g/mol. The minimum Gasteiger partial charge on any atom is -0.267 e. The summed E-state index contributed by atoms with van der Waals surface area (Å²) < 4.78 is 60.8. The molecule has 0 aliphatic rings. The van der Waals surface area contributed by atoms with E-state index >= 15 is 0 Å². The molecule has 0 aliphatic heterocycles. The largest absolute Gasteiger partial charge is 0.267 e. The minimum absolute atomic E-state index is 0.619. The molecule has 0 aromatic rings. The fraction of sp³-hybridized carbons (Fsp3) is 1.00. The highest BCUT2D eigenvalue weighted by atomic mass is 32.2. The molecule has 0 saturated heterocycles. The van der Waals surface area contributed by atoms with Crippen molar-refractivity contribution in [2.24, 2.45) is 0 Å². The summed E-state index contributed by atoms with van der Waals surface area (Å²) in [4.78, 5) is 0. The van der Waals surface area contributed by atoms with Gasteiger partial charge in [-0.2, -0.15) is 8.42 Å². The Bertz CT molecular complexity index is 207. The zero-order chi connectivity index (χ0) is 10.5. The fourth-order valence-electron chi connectivity index (χ4n) is 0.490. The van der Waals surface area contributed by atoms with Crippen LogP contribution in [0.25, 0.3) is 0 Å². The Morgan fingerprint density at radius 2 is 1.85 bits per heavy atom. The van der Waals surface area contributed by atoms with Crippen molar-refractivity contribution in [1.82, 2.24) is 0 Å². The van der Waals surface area contributed by atoms with Gasteiger partial charge in [-0.1, -0.05) is 0 Å². The first-order chi connectivity index (χ1) is 5.83. The number of hydrogen-bond donors (Lipinski definition) is 0. The average Bonchev–Trinajstić information content (AvgIpc) is 1.98. The summed E-state index contributed by atoms with van der Waals surface area (Å²) >= 11 is 0. The zero-order valence-electron chi connectivity index (χ0n) is 7.04. The molecule has 7 heteroatoms. The topological polar surface area (TPSA) is 43.4 Å². The standard InChI is InChI=1S/C6H11F3O3S/c1-5(7)4-12-13(10,11)3-2-6(8)9/h5-6H,2-4H2,1H3. The molecule has 0 aromatic carbocycles. The van der Waals surface area contributed by atoms with Gasteiger partial charge >= 0.3 is 0 Å². The molecule has 1 unspecified atom stereocenters. The molecule has 0 bridgehead atoms. The summed E-state index contributed by atoms with van der Waals surface area (Å²) in [6, 6.07) is 0. The average molecular weight is 220 g/mol. The van der Waals surface area contributed by atoms with Crippen molar-refractivity contribution in [2.45, 2.75) is 25.9 Å². The Balaban J connectivity index is 3.81. The van der Waals surface area contributed by atoms with Gasteiger partial charge in [-0.25, -0.2) is 13.2 Å². The summed E-state index contributed by atoms with van der Waals surface area (Å²) in [6.07, 6.45) is -4.91. The Labute approximate surface area is 75.0 Å². The lowest BCUT2D eigenvalue weighted by Crippen LogP contribution is -2.17. The zero-order valence-corrected chi connectivity index (χ0v) is 7.86. The molecule has 3 nitrogen and oxygen atoms in total. The van der Waals surface area contributed by atoms with Crippen LogP contribution in [0.15, 0.2) is 0 Å². The van der Waals surface area contributed by atoms with Crippen molar-refractivity contribution in [2.75, 3.05) is 12.4 Å². The van der Waals surface area contributed by atoms with Gasteiger partial charge in [-0.3, -0.25) is 4.18 Å². The highest BCUT2D eigenvalue weighted by Gasteiger charge is 2.16. The molecule has 13 heavy (non-hydrogen) atoms. The van der Waals surface area contributed by atoms with E-state index in [1.165, 1.54) is 0 Å². The summed E-state index contributed by atoms with van der Waals surface area (Å²) in [5, 5.41) is 0. The first-order valence-electron chi connectivity index (χ1n) is 3.63. The van der Waals surface area contributed by atoms with Crippen LogP contribution in [0.5, 0.6) is 0 Å². The number of alkyl halides is 3. The summed E-state index contributed by atoms with van der Waals surface area (Å²) in [5.74, 6) is -0.780. The smallest absolute Gasteiger partial charge is 0.267 e. The molecule has 0 amide bonds. The van der Waals surface area contributed by atoms with Crippen LogP contribution in [-0.2, 0) is 14.3 Å². The molecule has 0 radical (unpaired) electrons. The number of halogens is 3. The molecule has 0 rings (SSSR count). The van der Waals surface area contributed by atoms with Crippen molar-refractivity contribution in [3.05, 3.63) is 0 Å². The summed E-state index contributed by atoms with van der Waals surface area (Å²) in [7, 11) is -3.99. The van der Waals surface area contributed by atoms with Gasteiger partial charge < -0.3 is 0 Å². The molecule has 0 N–H and O–H groups in total. The third-order valence-corrected chi connectivity index (χ3v) is 2.29. The van der Waals surface area contributed by atoms with E-state index in [4.69, 9.17) is 0 Å². The Hall–Kier alpha value is -0.300. The van der Waals surface area contributed by atoms with Crippen molar-refractivity contribution in [3.8, 4) is 0 Å². The molecule has 0 fully saturated rings. The summed E-state index contributed by atoms with van der Waals surface area (Å²) in [6.45, 7) is 0.494. The highest BCUT2D eigenvalue weighted by Crippen LogP contribution is 2.05. The molecule has 1 atom stereocenters. The minimum atomic E-state index is -3.99. The third kappa shape index (κ3) is 8.04. The SMILES string of the molecule is CC(F)COS(=O)(=O)CCC(F)F. The maximum atomic E-state index is 12.1. The second-order valence-electron chi connectivity index (χ2n) is 2.51. The molecule has 0 aliphatic carbocycles. The van der Waals surface area contributed by atoms with Gasteiger partial charge in [0, 0.05) is 6.42 Å². The van der Waals surface area contributed by atoms with Gasteiger partial charge in [0.2, 0.25) is 6.43 Å². The fourth-order valence-corrected chi connectivity index (χ4v) is 1.47. The Morgan fingerprint density at radius 1 is 1.31 bits per heavy atom. The van der Waals surface area contributed by atoms with Crippen molar-refractivity contribution in [3.63, 3.8) is 0 Å². The molecular weight excluding hydrogens is 209 g/mol. The lowest BCUT2D eigenvalue weighted by molar-refractivity contribution is 0.142. The van der Waals surface area contributed by atoms with Crippen LogP contribution in [0, 0.1) is 0 Å². The predicted molar refractivity (Wildman–Crippen MR) is 40.9 cm³/mol. The van der Waals surface area contributed by atoms with Crippen molar-refractivity contribution < 1.29 is 25.8 Å². The number of hydrogen-bond acceptors (Lipinski definition) is 3. The summed E-state index contributed by atoms with van der Waals surface area (Å²) in [5.41, 5.74) is 0. The van der Waals surface area contributed by atoms with Gasteiger partial charge in [0.15, 0.2) is 0 Å². The second-order valence-corrected chi connectivity index (χ2v) is 4.27. The maximum Gasteiger partial charge on any atom is 0.267 e. The third-order valence-electron chi connectivity index (χ3n) is 1.06. The Kier molecular flexibility index (Phi) is 5.31. The molecule has 0 heterocycles. The highest BCUT2D eigenvalue weighted by molar-refractivity contribution is 7.86. The van der Waals surface area contributed by atoms with Crippen LogP contribution in [-0.4, -0.2) is 33.4 Å². The predicted octanol–water partition coefficient (Wildman–Crippen LogP) is 1.35. The normalized spacial score (nSPS) is 14.8. The van der Waals surface area contributed by atoms with E-state index in [0.717, 1.165) is 6.92 Å².